The molecule has 0 radical (unpaired) electrons. The van der Waals surface area contributed by atoms with Crippen LogP contribution in [-0.4, -0.2) is 9.55 Å². The number of nitrogens with zero attached hydrogens (tertiary/aromatic N) is 2. The Labute approximate surface area is 263 Å². The number of para-hydroxylation sites is 3. The summed E-state index contributed by atoms with van der Waals surface area (Å²) in [5, 5.41) is 6.06. The van der Waals surface area contributed by atoms with Crippen molar-refractivity contribution in [3.05, 3.63) is 169 Å². The van der Waals surface area contributed by atoms with Crippen molar-refractivity contribution < 1.29 is 0 Å². The molecule has 8 rings (SSSR count). The number of pyridine rings is 1. The van der Waals surface area contributed by atoms with Crippen LogP contribution in [0.4, 0.5) is 11.4 Å². The van der Waals surface area contributed by atoms with E-state index < -0.39 is 0 Å². The highest BCUT2D eigenvalue weighted by Gasteiger charge is 2.14. The van der Waals surface area contributed by atoms with Gasteiger partial charge in [-0.25, -0.2) is 4.98 Å². The number of rotatable bonds is 6. The van der Waals surface area contributed by atoms with Gasteiger partial charge < -0.3 is 9.88 Å². The fourth-order valence-electron chi connectivity index (χ4n) is 6.27. The molecule has 0 saturated heterocycles. The van der Waals surface area contributed by atoms with Gasteiger partial charge in [0, 0.05) is 39.0 Å². The molecular weight excluding hydrogens is 546 g/mol. The summed E-state index contributed by atoms with van der Waals surface area (Å²) in [6.07, 6.45) is 0. The highest BCUT2D eigenvalue weighted by molar-refractivity contribution is 6.09. The van der Waals surface area contributed by atoms with Gasteiger partial charge in [-0.05, 0) is 84.8 Å². The molecule has 2 aromatic heterocycles. The lowest BCUT2D eigenvalue weighted by atomic mass is 9.99. The molecule has 0 bridgehead atoms. The molecule has 0 aliphatic heterocycles. The van der Waals surface area contributed by atoms with Crippen LogP contribution in [0.5, 0.6) is 0 Å². The highest BCUT2D eigenvalue weighted by Crippen LogP contribution is 2.35. The molecule has 0 amide bonds. The molecule has 0 saturated carbocycles. The van der Waals surface area contributed by atoms with E-state index in [1.807, 2.05) is 18.2 Å². The lowest BCUT2D eigenvalue weighted by Crippen LogP contribution is -1.96. The second-order valence-corrected chi connectivity index (χ2v) is 11.5. The van der Waals surface area contributed by atoms with Gasteiger partial charge in [0.25, 0.3) is 0 Å². The van der Waals surface area contributed by atoms with Gasteiger partial charge in [-0.2, -0.15) is 0 Å². The van der Waals surface area contributed by atoms with E-state index in [0.717, 1.165) is 50.7 Å². The molecular formula is C42H31N3. The Morgan fingerprint density at radius 1 is 0.444 bits per heavy atom. The zero-order valence-electron chi connectivity index (χ0n) is 25.0. The van der Waals surface area contributed by atoms with Crippen LogP contribution < -0.4 is 5.32 Å². The first-order valence-corrected chi connectivity index (χ1v) is 15.3. The van der Waals surface area contributed by atoms with Crippen LogP contribution in [-0.2, 0) is 0 Å². The summed E-state index contributed by atoms with van der Waals surface area (Å²) in [5.41, 5.74) is 13.1. The van der Waals surface area contributed by atoms with Crippen LogP contribution in [0.3, 0.4) is 0 Å². The van der Waals surface area contributed by atoms with Crippen molar-refractivity contribution in [3.8, 4) is 39.3 Å². The van der Waals surface area contributed by atoms with E-state index in [1.165, 1.54) is 27.4 Å². The first-order valence-electron chi connectivity index (χ1n) is 15.3. The first-order chi connectivity index (χ1) is 22.2. The Kier molecular flexibility index (Phi) is 6.69. The summed E-state index contributed by atoms with van der Waals surface area (Å²) in [5.74, 6) is 0. The fraction of sp³-hybridized carbons (Fsp3) is 0.0238. The van der Waals surface area contributed by atoms with E-state index in [0.29, 0.717) is 0 Å². The predicted molar refractivity (Wildman–Crippen MR) is 189 cm³/mol. The second-order valence-electron chi connectivity index (χ2n) is 11.5. The number of hydrogen-bond acceptors (Lipinski definition) is 2. The number of anilines is 2. The van der Waals surface area contributed by atoms with Crippen molar-refractivity contribution in [2.24, 2.45) is 0 Å². The van der Waals surface area contributed by atoms with Gasteiger partial charge in [0.05, 0.1) is 22.4 Å². The van der Waals surface area contributed by atoms with Gasteiger partial charge in [0.1, 0.15) is 0 Å². The third-order valence-electron chi connectivity index (χ3n) is 8.38. The first kappa shape index (κ1) is 26.7. The molecule has 1 N–H and O–H groups in total. The average Bonchev–Trinajstić information content (AvgIpc) is 3.43. The maximum absolute atomic E-state index is 5.25. The fourth-order valence-corrected chi connectivity index (χ4v) is 6.27. The maximum atomic E-state index is 5.25. The van der Waals surface area contributed by atoms with Crippen molar-refractivity contribution in [2.75, 3.05) is 5.32 Å². The molecule has 214 valence electrons. The van der Waals surface area contributed by atoms with Gasteiger partial charge in [0.15, 0.2) is 0 Å². The van der Waals surface area contributed by atoms with E-state index in [2.05, 4.69) is 162 Å². The third-order valence-corrected chi connectivity index (χ3v) is 8.38. The molecule has 8 aromatic rings. The van der Waals surface area contributed by atoms with Crippen LogP contribution in [0.25, 0.3) is 61.1 Å². The van der Waals surface area contributed by atoms with E-state index in [-0.39, 0.29) is 0 Å². The minimum Gasteiger partial charge on any atom is -0.356 e. The Bertz CT molecular complexity index is 2260. The topological polar surface area (TPSA) is 29.9 Å². The number of nitrogens with one attached hydrogen (secondary N) is 1. The van der Waals surface area contributed by atoms with Crippen LogP contribution in [0, 0.1) is 6.92 Å². The summed E-state index contributed by atoms with van der Waals surface area (Å²) < 4.78 is 2.36. The Hall–Kier alpha value is -5.93. The van der Waals surface area contributed by atoms with Crippen molar-refractivity contribution in [2.45, 2.75) is 6.92 Å². The highest BCUT2D eigenvalue weighted by atomic mass is 15.0. The van der Waals surface area contributed by atoms with Crippen LogP contribution in [0.1, 0.15) is 5.56 Å². The van der Waals surface area contributed by atoms with E-state index in [1.54, 1.807) is 0 Å². The van der Waals surface area contributed by atoms with Crippen molar-refractivity contribution >= 4 is 33.2 Å². The van der Waals surface area contributed by atoms with Gasteiger partial charge in [0.2, 0.25) is 0 Å². The molecule has 0 aliphatic rings. The summed E-state index contributed by atoms with van der Waals surface area (Å²) in [6.45, 7) is 2.13. The molecule has 3 nitrogen and oxygen atoms in total. The summed E-state index contributed by atoms with van der Waals surface area (Å²) in [7, 11) is 0. The van der Waals surface area contributed by atoms with Gasteiger partial charge in [-0.1, -0.05) is 103 Å². The van der Waals surface area contributed by atoms with Crippen molar-refractivity contribution in [3.63, 3.8) is 0 Å². The largest absolute Gasteiger partial charge is 0.356 e. The number of aromatic nitrogens is 2. The molecule has 6 aromatic carbocycles. The molecule has 0 spiro atoms. The smallest absolute Gasteiger partial charge is 0.0716 e. The summed E-state index contributed by atoms with van der Waals surface area (Å²) in [6, 6.07) is 57.9. The molecule has 45 heavy (non-hydrogen) atoms. The number of aryl methyl sites for hydroxylation is 1. The number of fused-ring (bicyclic) bond motifs is 3. The molecule has 0 unspecified atom stereocenters. The quantitative estimate of drug-likeness (QED) is 0.213. The normalized spacial score (nSPS) is 11.2. The van der Waals surface area contributed by atoms with Gasteiger partial charge in [-0.3, -0.25) is 0 Å². The zero-order chi connectivity index (χ0) is 30.2. The standard InChI is InChI=1S/C42H31N3/c1-29-12-9-14-31(24-29)39-27-33(30-13-10-18-35(25-30)43-34-16-3-2-4-17-34)28-40(44-39)32-15-11-19-36(26-32)45-41-22-7-5-20-37(41)38-21-6-8-23-42(38)45/h2-28,43H,1H3. The summed E-state index contributed by atoms with van der Waals surface area (Å²) in [4.78, 5) is 5.25. The predicted octanol–water partition coefficient (Wildman–Crippen LogP) is 11.2. The van der Waals surface area contributed by atoms with Crippen LogP contribution >= 0.6 is 0 Å². The molecule has 0 atom stereocenters. The van der Waals surface area contributed by atoms with Crippen molar-refractivity contribution in [1.29, 1.82) is 0 Å². The van der Waals surface area contributed by atoms with Crippen molar-refractivity contribution in [1.82, 2.24) is 9.55 Å². The van der Waals surface area contributed by atoms with Crippen LogP contribution in [0.15, 0.2) is 164 Å². The maximum Gasteiger partial charge on any atom is 0.0716 e. The van der Waals surface area contributed by atoms with E-state index >= 15 is 0 Å². The Balaban J connectivity index is 1.28. The van der Waals surface area contributed by atoms with E-state index in [9.17, 15) is 0 Å². The SMILES string of the molecule is Cc1cccc(-c2cc(-c3cccc(Nc4ccccc4)c3)cc(-c3cccc(-n4c5ccccc5c5ccccc54)c3)n2)c1. The molecule has 3 heteroatoms. The Morgan fingerprint density at radius 3 is 1.73 bits per heavy atom. The molecule has 0 fully saturated rings. The Morgan fingerprint density at radius 2 is 1.02 bits per heavy atom. The lowest BCUT2D eigenvalue weighted by molar-refractivity contribution is 1.18. The molecule has 0 aliphatic carbocycles. The second kappa shape index (κ2) is 11.3. The average molecular weight is 578 g/mol. The minimum atomic E-state index is 0.938. The number of hydrogen-bond donors (Lipinski definition) is 1. The zero-order valence-corrected chi connectivity index (χ0v) is 25.0. The summed E-state index contributed by atoms with van der Waals surface area (Å²) >= 11 is 0. The lowest BCUT2D eigenvalue weighted by Gasteiger charge is -2.14. The number of benzene rings is 6. The minimum absolute atomic E-state index is 0.938. The van der Waals surface area contributed by atoms with Crippen LogP contribution in [0.2, 0.25) is 0 Å². The molecule has 2 heterocycles. The van der Waals surface area contributed by atoms with E-state index in [4.69, 9.17) is 4.98 Å². The third kappa shape index (κ3) is 5.15. The monoisotopic (exact) mass is 577 g/mol. The van der Waals surface area contributed by atoms with Gasteiger partial charge >= 0.3 is 0 Å². The van der Waals surface area contributed by atoms with Gasteiger partial charge in [-0.15, -0.1) is 0 Å².